The van der Waals surface area contributed by atoms with Crippen LogP contribution in [-0.2, 0) is 11.2 Å². The van der Waals surface area contributed by atoms with Gasteiger partial charge in [0.2, 0.25) is 0 Å². The molecular weight excluding hydrogens is 298 g/mol. The van der Waals surface area contributed by atoms with E-state index in [1.54, 1.807) is 11.3 Å². The lowest BCUT2D eigenvalue weighted by atomic mass is 9.70. The number of hydrogen-bond donors (Lipinski definition) is 1. The van der Waals surface area contributed by atoms with Gasteiger partial charge < -0.3 is 5.73 Å². The minimum atomic E-state index is -0.227. The highest BCUT2D eigenvalue weighted by Gasteiger charge is 2.37. The Labute approximate surface area is 115 Å². The summed E-state index contributed by atoms with van der Waals surface area (Å²) in [6.07, 6.45) is 6.06. The van der Waals surface area contributed by atoms with E-state index in [0.717, 1.165) is 35.0 Å². The van der Waals surface area contributed by atoms with Gasteiger partial charge in [0.1, 0.15) is 5.78 Å². The Hall–Kier alpha value is -0.190. The zero-order chi connectivity index (χ0) is 12.3. The van der Waals surface area contributed by atoms with E-state index < -0.39 is 0 Å². The van der Waals surface area contributed by atoms with Crippen LogP contribution in [0.1, 0.15) is 37.0 Å². The van der Waals surface area contributed by atoms with Crippen LogP contribution in [0.15, 0.2) is 15.9 Å². The Kier molecular flexibility index (Phi) is 4.39. The quantitative estimate of drug-likeness (QED) is 0.923. The minimum absolute atomic E-state index is 0.227. The Morgan fingerprint density at radius 3 is 2.65 bits per heavy atom. The first-order chi connectivity index (χ1) is 8.16. The van der Waals surface area contributed by atoms with Gasteiger partial charge in [-0.2, -0.15) is 0 Å². The first kappa shape index (κ1) is 13.2. The largest absolute Gasteiger partial charge is 0.329 e. The maximum absolute atomic E-state index is 12.4. The van der Waals surface area contributed by atoms with Crippen molar-refractivity contribution in [3.63, 3.8) is 0 Å². The first-order valence-corrected chi connectivity index (χ1v) is 7.80. The lowest BCUT2D eigenvalue weighted by Gasteiger charge is -2.34. The van der Waals surface area contributed by atoms with Crippen molar-refractivity contribution >= 4 is 33.0 Å². The molecule has 0 aliphatic heterocycles. The fourth-order valence-corrected chi connectivity index (χ4v) is 4.07. The zero-order valence-corrected chi connectivity index (χ0v) is 12.3. The van der Waals surface area contributed by atoms with Crippen molar-refractivity contribution in [2.24, 2.45) is 11.1 Å². The van der Waals surface area contributed by atoms with Gasteiger partial charge in [0.05, 0.1) is 0 Å². The number of halogens is 1. The van der Waals surface area contributed by atoms with Gasteiger partial charge in [-0.05, 0) is 34.8 Å². The van der Waals surface area contributed by atoms with Gasteiger partial charge in [-0.1, -0.05) is 19.3 Å². The van der Waals surface area contributed by atoms with Crippen LogP contribution in [0.4, 0.5) is 0 Å². The summed E-state index contributed by atoms with van der Waals surface area (Å²) in [6.45, 7) is 0.512. The molecule has 2 rings (SSSR count). The fourth-order valence-electron chi connectivity index (χ4n) is 2.62. The molecule has 1 saturated carbocycles. The summed E-state index contributed by atoms with van der Waals surface area (Å²) in [5, 5.41) is 2.03. The maximum Gasteiger partial charge on any atom is 0.145 e. The molecule has 1 aromatic heterocycles. The normalized spacial score (nSPS) is 19.2. The number of hydrogen-bond acceptors (Lipinski definition) is 3. The molecule has 2 N–H and O–H groups in total. The van der Waals surface area contributed by atoms with Crippen LogP contribution in [0.2, 0.25) is 0 Å². The summed E-state index contributed by atoms with van der Waals surface area (Å²) < 4.78 is 1.07. The number of ketones is 1. The average Bonchev–Trinajstić information content (AvgIpc) is 2.75. The highest BCUT2D eigenvalue weighted by Crippen LogP contribution is 2.37. The predicted octanol–water partition coefficient (Wildman–Crippen LogP) is 3.53. The van der Waals surface area contributed by atoms with Gasteiger partial charge in [0.25, 0.3) is 0 Å². The maximum atomic E-state index is 12.4. The molecule has 0 saturated heterocycles. The third-order valence-corrected chi connectivity index (χ3v) is 5.45. The zero-order valence-electron chi connectivity index (χ0n) is 9.88. The summed E-state index contributed by atoms with van der Waals surface area (Å²) in [5.41, 5.74) is 5.64. The summed E-state index contributed by atoms with van der Waals surface area (Å²) >= 11 is 5.07. The Balaban J connectivity index is 2.07. The number of Topliss-reactive ketones (excluding diaryl/α,β-unsaturated/α-hetero) is 1. The second kappa shape index (κ2) is 5.63. The molecular formula is C13H18BrNOS. The smallest absolute Gasteiger partial charge is 0.145 e. The van der Waals surface area contributed by atoms with E-state index in [4.69, 9.17) is 5.73 Å². The molecule has 4 heteroatoms. The minimum Gasteiger partial charge on any atom is -0.329 e. The van der Waals surface area contributed by atoms with Crippen molar-refractivity contribution in [1.82, 2.24) is 0 Å². The molecule has 1 fully saturated rings. The molecule has 94 valence electrons. The van der Waals surface area contributed by atoms with E-state index in [-0.39, 0.29) is 5.41 Å². The second-order valence-corrected chi connectivity index (χ2v) is 6.79. The summed E-state index contributed by atoms with van der Waals surface area (Å²) in [4.78, 5) is 13.6. The molecule has 0 spiro atoms. The number of thiophene rings is 1. The van der Waals surface area contributed by atoms with Crippen molar-refractivity contribution in [2.75, 3.05) is 6.54 Å². The molecule has 1 aromatic rings. The number of carbonyl (C=O) groups is 1. The van der Waals surface area contributed by atoms with Gasteiger partial charge in [0.15, 0.2) is 0 Å². The number of nitrogens with two attached hydrogens (primary N) is 1. The molecule has 1 aliphatic carbocycles. The summed E-state index contributed by atoms with van der Waals surface area (Å²) in [5.74, 6) is 0.342. The lowest BCUT2D eigenvalue weighted by Crippen LogP contribution is -2.41. The highest BCUT2D eigenvalue weighted by atomic mass is 79.9. The van der Waals surface area contributed by atoms with Crippen molar-refractivity contribution in [2.45, 2.75) is 38.5 Å². The average molecular weight is 316 g/mol. The molecule has 0 radical (unpaired) electrons. The van der Waals surface area contributed by atoms with Crippen LogP contribution in [0.5, 0.6) is 0 Å². The van der Waals surface area contributed by atoms with Crippen LogP contribution >= 0.6 is 27.3 Å². The Morgan fingerprint density at radius 1 is 1.41 bits per heavy atom. The summed E-state index contributed by atoms with van der Waals surface area (Å²) in [6, 6.07) is 2.04. The van der Waals surface area contributed by atoms with E-state index in [2.05, 4.69) is 15.9 Å². The van der Waals surface area contributed by atoms with E-state index in [1.807, 2.05) is 11.4 Å². The van der Waals surface area contributed by atoms with E-state index in [1.165, 1.54) is 6.42 Å². The predicted molar refractivity (Wildman–Crippen MR) is 75.3 cm³/mol. The van der Waals surface area contributed by atoms with Gasteiger partial charge in [0, 0.05) is 33.1 Å². The number of rotatable bonds is 4. The molecule has 0 atom stereocenters. The molecule has 17 heavy (non-hydrogen) atoms. The topological polar surface area (TPSA) is 43.1 Å². The van der Waals surface area contributed by atoms with E-state index in [0.29, 0.717) is 18.7 Å². The van der Waals surface area contributed by atoms with Crippen LogP contribution < -0.4 is 5.73 Å². The fraction of sp³-hybridized carbons (Fsp3) is 0.615. The highest BCUT2D eigenvalue weighted by molar-refractivity contribution is 9.10. The molecule has 1 aliphatic rings. The first-order valence-electron chi connectivity index (χ1n) is 6.12. The SMILES string of the molecule is NCC1(C(=O)Cc2cc(Br)cs2)CCCCC1. The van der Waals surface area contributed by atoms with Crippen LogP contribution in [-0.4, -0.2) is 12.3 Å². The van der Waals surface area contributed by atoms with Gasteiger partial charge in [-0.3, -0.25) is 4.79 Å². The molecule has 2 nitrogen and oxygen atoms in total. The second-order valence-electron chi connectivity index (χ2n) is 4.88. The lowest BCUT2D eigenvalue weighted by molar-refractivity contribution is -0.129. The monoisotopic (exact) mass is 315 g/mol. The molecule has 0 aromatic carbocycles. The molecule has 0 unspecified atom stereocenters. The van der Waals surface area contributed by atoms with Crippen molar-refractivity contribution in [3.8, 4) is 0 Å². The molecule has 0 bridgehead atoms. The van der Waals surface area contributed by atoms with Gasteiger partial charge in [-0.25, -0.2) is 0 Å². The van der Waals surface area contributed by atoms with Gasteiger partial charge >= 0.3 is 0 Å². The van der Waals surface area contributed by atoms with Crippen LogP contribution in [0, 0.1) is 5.41 Å². The van der Waals surface area contributed by atoms with Crippen molar-refractivity contribution in [3.05, 3.63) is 20.8 Å². The Morgan fingerprint density at radius 2 is 2.12 bits per heavy atom. The summed E-state index contributed by atoms with van der Waals surface area (Å²) in [7, 11) is 0. The third kappa shape index (κ3) is 2.98. The molecule has 1 heterocycles. The van der Waals surface area contributed by atoms with Gasteiger partial charge in [-0.15, -0.1) is 11.3 Å². The third-order valence-electron chi connectivity index (χ3n) is 3.75. The standard InChI is InChI=1S/C13H18BrNOS/c14-10-6-11(17-8-10)7-12(16)13(9-15)4-2-1-3-5-13/h6,8H,1-5,7,9,15H2. The van der Waals surface area contributed by atoms with E-state index >= 15 is 0 Å². The van der Waals surface area contributed by atoms with Crippen LogP contribution in [0.25, 0.3) is 0 Å². The van der Waals surface area contributed by atoms with Crippen molar-refractivity contribution in [1.29, 1.82) is 0 Å². The van der Waals surface area contributed by atoms with Crippen LogP contribution in [0.3, 0.4) is 0 Å². The molecule has 0 amide bonds. The number of carbonyl (C=O) groups excluding carboxylic acids is 1. The Bertz CT molecular complexity index is 396. The van der Waals surface area contributed by atoms with E-state index in [9.17, 15) is 4.79 Å². The van der Waals surface area contributed by atoms with Crippen molar-refractivity contribution < 1.29 is 4.79 Å².